The predicted molar refractivity (Wildman–Crippen MR) is 113 cm³/mol. The van der Waals surface area contributed by atoms with Crippen molar-refractivity contribution >= 4 is 16.8 Å². The summed E-state index contributed by atoms with van der Waals surface area (Å²) >= 11 is 0. The third kappa shape index (κ3) is 3.75. The van der Waals surface area contributed by atoms with E-state index >= 15 is 0 Å². The maximum atomic E-state index is 13.2. The number of nitrogens with zero attached hydrogens (tertiary/aromatic N) is 3. The quantitative estimate of drug-likeness (QED) is 0.649. The van der Waals surface area contributed by atoms with E-state index in [2.05, 4.69) is 0 Å². The smallest absolute Gasteiger partial charge is 0.331 e. The highest BCUT2D eigenvalue weighted by molar-refractivity contribution is 5.82. The molecule has 4 rings (SSSR count). The van der Waals surface area contributed by atoms with Gasteiger partial charge in [0, 0.05) is 19.1 Å². The summed E-state index contributed by atoms with van der Waals surface area (Å²) < 4.78 is 2.63. The van der Waals surface area contributed by atoms with E-state index in [4.69, 9.17) is 0 Å². The Balaban J connectivity index is 1.69. The number of fused-ring (bicyclic) bond motifs is 1. The monoisotopic (exact) mass is 391 g/mol. The fourth-order valence-corrected chi connectivity index (χ4v) is 3.73. The van der Waals surface area contributed by atoms with E-state index in [0.717, 1.165) is 18.4 Å². The van der Waals surface area contributed by atoms with Gasteiger partial charge in [-0.1, -0.05) is 42.0 Å². The second-order valence-corrected chi connectivity index (χ2v) is 7.67. The molecule has 0 bridgehead atoms. The lowest BCUT2D eigenvalue weighted by Gasteiger charge is -2.24. The van der Waals surface area contributed by atoms with E-state index in [1.807, 2.05) is 36.1 Å². The van der Waals surface area contributed by atoms with Crippen molar-refractivity contribution < 1.29 is 4.79 Å². The Morgan fingerprint density at radius 3 is 2.38 bits per heavy atom. The number of carbonyl (C=O) groups is 1. The molecule has 1 heterocycles. The van der Waals surface area contributed by atoms with Crippen molar-refractivity contribution in [2.75, 3.05) is 0 Å². The molecule has 0 unspecified atom stereocenters. The van der Waals surface area contributed by atoms with Gasteiger partial charge in [-0.2, -0.15) is 0 Å². The Bertz CT molecular complexity index is 1170. The van der Waals surface area contributed by atoms with Gasteiger partial charge in [-0.3, -0.25) is 18.7 Å². The number of hydrogen-bond acceptors (Lipinski definition) is 3. The Hall–Kier alpha value is -3.15. The summed E-state index contributed by atoms with van der Waals surface area (Å²) in [7, 11) is 0. The molecule has 1 saturated carbocycles. The van der Waals surface area contributed by atoms with Crippen molar-refractivity contribution in [2.45, 2.75) is 52.4 Å². The molecule has 2 aromatic carbocycles. The summed E-state index contributed by atoms with van der Waals surface area (Å²) in [6.45, 7) is 4.53. The normalized spacial score (nSPS) is 13.6. The second kappa shape index (κ2) is 7.70. The van der Waals surface area contributed by atoms with Crippen LogP contribution < -0.4 is 11.2 Å². The van der Waals surface area contributed by atoms with Crippen LogP contribution in [0.2, 0.25) is 0 Å². The summed E-state index contributed by atoms with van der Waals surface area (Å²) in [6, 6.07) is 15.4. The van der Waals surface area contributed by atoms with Crippen LogP contribution in [-0.4, -0.2) is 26.0 Å². The molecule has 1 amide bonds. The molecule has 0 saturated heterocycles. The zero-order valence-corrected chi connectivity index (χ0v) is 16.8. The standard InChI is InChI=1S/C23H25N3O3/c1-3-24-22(28)19-6-4-5-7-20(19)26(23(24)29)15-21(27)25(18-12-13-18)14-17-10-8-16(2)9-11-17/h4-11,18H,3,12-15H2,1-2H3. The highest BCUT2D eigenvalue weighted by Gasteiger charge is 2.33. The summed E-state index contributed by atoms with van der Waals surface area (Å²) in [6.07, 6.45) is 1.98. The first-order valence-electron chi connectivity index (χ1n) is 10.1. The molecule has 1 aliphatic carbocycles. The molecule has 1 aromatic heterocycles. The molecule has 3 aromatic rings. The van der Waals surface area contributed by atoms with E-state index in [1.165, 1.54) is 14.7 Å². The number of rotatable bonds is 6. The molecule has 1 aliphatic rings. The molecular formula is C23H25N3O3. The van der Waals surface area contributed by atoms with E-state index in [0.29, 0.717) is 17.4 Å². The van der Waals surface area contributed by atoms with Crippen LogP contribution in [0, 0.1) is 6.92 Å². The highest BCUT2D eigenvalue weighted by atomic mass is 16.2. The largest absolute Gasteiger partial charge is 0.334 e. The molecule has 0 radical (unpaired) electrons. The lowest BCUT2D eigenvalue weighted by atomic mass is 10.1. The van der Waals surface area contributed by atoms with Crippen molar-refractivity contribution in [3.8, 4) is 0 Å². The first-order valence-corrected chi connectivity index (χ1v) is 10.1. The van der Waals surface area contributed by atoms with Crippen molar-refractivity contribution in [3.05, 3.63) is 80.5 Å². The summed E-state index contributed by atoms with van der Waals surface area (Å²) in [5, 5.41) is 0.457. The Labute approximate surface area is 169 Å². The van der Waals surface area contributed by atoms with E-state index < -0.39 is 5.69 Å². The van der Waals surface area contributed by atoms with Gasteiger partial charge in [-0.05, 0) is 44.4 Å². The molecule has 0 atom stereocenters. The molecule has 6 nitrogen and oxygen atoms in total. The summed E-state index contributed by atoms with van der Waals surface area (Å²) in [4.78, 5) is 40.6. The van der Waals surface area contributed by atoms with Crippen molar-refractivity contribution in [2.24, 2.45) is 0 Å². The number of amides is 1. The minimum absolute atomic E-state index is 0.0675. The van der Waals surface area contributed by atoms with Gasteiger partial charge in [-0.15, -0.1) is 0 Å². The molecule has 0 N–H and O–H groups in total. The van der Waals surface area contributed by atoms with Crippen LogP contribution in [0.25, 0.3) is 10.9 Å². The average molecular weight is 391 g/mol. The topological polar surface area (TPSA) is 64.3 Å². The lowest BCUT2D eigenvalue weighted by Crippen LogP contribution is -2.43. The van der Waals surface area contributed by atoms with Crippen LogP contribution in [0.4, 0.5) is 0 Å². The van der Waals surface area contributed by atoms with Crippen LogP contribution in [0.15, 0.2) is 58.1 Å². The highest BCUT2D eigenvalue weighted by Crippen LogP contribution is 2.29. The lowest BCUT2D eigenvalue weighted by molar-refractivity contribution is -0.133. The third-order valence-corrected chi connectivity index (χ3v) is 5.52. The van der Waals surface area contributed by atoms with E-state index in [9.17, 15) is 14.4 Å². The third-order valence-electron chi connectivity index (χ3n) is 5.52. The number of hydrogen-bond donors (Lipinski definition) is 0. The molecule has 1 fully saturated rings. The second-order valence-electron chi connectivity index (χ2n) is 7.67. The van der Waals surface area contributed by atoms with Gasteiger partial charge in [-0.25, -0.2) is 4.79 Å². The summed E-state index contributed by atoms with van der Waals surface area (Å²) in [5.74, 6) is -0.0957. The van der Waals surface area contributed by atoms with E-state index in [-0.39, 0.29) is 30.6 Å². The Morgan fingerprint density at radius 1 is 1.03 bits per heavy atom. The number of carbonyl (C=O) groups excluding carboxylic acids is 1. The van der Waals surface area contributed by atoms with Crippen LogP contribution in [0.1, 0.15) is 30.9 Å². The average Bonchev–Trinajstić information content (AvgIpc) is 3.56. The SMILES string of the molecule is CCn1c(=O)c2ccccc2n(CC(=O)N(Cc2ccc(C)cc2)C2CC2)c1=O. The minimum atomic E-state index is -0.435. The predicted octanol–water partition coefficient (Wildman–Crippen LogP) is 2.68. The van der Waals surface area contributed by atoms with Crippen LogP contribution in [0.3, 0.4) is 0 Å². The first kappa shape index (κ1) is 19.2. The Morgan fingerprint density at radius 2 is 1.72 bits per heavy atom. The van der Waals surface area contributed by atoms with Crippen molar-refractivity contribution in [1.29, 1.82) is 0 Å². The van der Waals surface area contributed by atoms with Gasteiger partial charge in [0.05, 0.1) is 10.9 Å². The van der Waals surface area contributed by atoms with Gasteiger partial charge >= 0.3 is 5.69 Å². The number of aromatic nitrogens is 2. The fraction of sp³-hybridized carbons (Fsp3) is 0.348. The zero-order chi connectivity index (χ0) is 20.5. The van der Waals surface area contributed by atoms with E-state index in [1.54, 1.807) is 31.2 Å². The van der Waals surface area contributed by atoms with Crippen LogP contribution in [-0.2, 0) is 24.4 Å². The molecular weight excluding hydrogens is 366 g/mol. The number of aryl methyl sites for hydroxylation is 1. The Kier molecular flexibility index (Phi) is 5.09. The number of benzene rings is 2. The molecule has 0 spiro atoms. The number of para-hydroxylation sites is 1. The maximum Gasteiger partial charge on any atom is 0.331 e. The summed E-state index contributed by atoms with van der Waals surface area (Å²) in [5.41, 5.74) is 2.02. The van der Waals surface area contributed by atoms with Crippen molar-refractivity contribution in [1.82, 2.24) is 14.0 Å². The molecule has 6 heteroatoms. The molecule has 29 heavy (non-hydrogen) atoms. The first-order chi connectivity index (χ1) is 14.0. The molecule has 0 aliphatic heterocycles. The zero-order valence-electron chi connectivity index (χ0n) is 16.8. The van der Waals surface area contributed by atoms with Gasteiger partial charge in [0.15, 0.2) is 0 Å². The van der Waals surface area contributed by atoms with Crippen LogP contribution >= 0.6 is 0 Å². The van der Waals surface area contributed by atoms with Gasteiger partial charge < -0.3 is 4.90 Å². The van der Waals surface area contributed by atoms with Gasteiger partial charge in [0.25, 0.3) is 5.56 Å². The van der Waals surface area contributed by atoms with Crippen LogP contribution in [0.5, 0.6) is 0 Å². The van der Waals surface area contributed by atoms with Gasteiger partial charge in [0.2, 0.25) is 5.91 Å². The van der Waals surface area contributed by atoms with Crippen molar-refractivity contribution in [3.63, 3.8) is 0 Å². The van der Waals surface area contributed by atoms with Gasteiger partial charge in [0.1, 0.15) is 6.54 Å². The molecule has 150 valence electrons. The minimum Gasteiger partial charge on any atom is -0.334 e. The maximum absolute atomic E-state index is 13.2. The fourth-order valence-electron chi connectivity index (χ4n) is 3.73.